The lowest BCUT2D eigenvalue weighted by Crippen LogP contribution is -2.20. The standard InChI is InChI=1S/C13H14BrNO/c1-9-6-7-11(14)12(8-9)15-13(16)10-4-2-3-5-10/h2-3,6-8,10H,4-5H2,1H3,(H,15,16). The van der Waals surface area contributed by atoms with Gasteiger partial charge in [0.2, 0.25) is 5.91 Å². The molecule has 16 heavy (non-hydrogen) atoms. The fourth-order valence-electron chi connectivity index (χ4n) is 1.80. The minimum atomic E-state index is 0.104. The first-order valence-corrected chi connectivity index (χ1v) is 6.18. The summed E-state index contributed by atoms with van der Waals surface area (Å²) in [5, 5.41) is 2.97. The molecule has 84 valence electrons. The summed E-state index contributed by atoms with van der Waals surface area (Å²) < 4.78 is 0.928. The molecule has 1 amide bonds. The summed E-state index contributed by atoms with van der Waals surface area (Å²) in [6.07, 6.45) is 5.84. The van der Waals surface area contributed by atoms with E-state index in [0.29, 0.717) is 0 Å². The van der Waals surface area contributed by atoms with Crippen molar-refractivity contribution >= 4 is 27.5 Å². The van der Waals surface area contributed by atoms with Gasteiger partial charge in [0.15, 0.2) is 0 Å². The molecule has 1 aromatic rings. The summed E-state index contributed by atoms with van der Waals surface area (Å²) >= 11 is 3.44. The Kier molecular flexibility index (Phi) is 3.44. The van der Waals surface area contributed by atoms with Crippen LogP contribution in [0.1, 0.15) is 18.4 Å². The Balaban J connectivity index is 2.08. The van der Waals surface area contributed by atoms with Gasteiger partial charge in [0.1, 0.15) is 0 Å². The van der Waals surface area contributed by atoms with Crippen LogP contribution in [-0.2, 0) is 4.79 Å². The zero-order valence-electron chi connectivity index (χ0n) is 9.16. The van der Waals surface area contributed by atoms with Gasteiger partial charge in [-0.1, -0.05) is 18.2 Å². The molecule has 1 N–H and O–H groups in total. The number of carbonyl (C=O) groups excluding carboxylic acids is 1. The van der Waals surface area contributed by atoms with Crippen molar-refractivity contribution in [3.8, 4) is 0 Å². The Morgan fingerprint density at radius 3 is 2.75 bits per heavy atom. The quantitative estimate of drug-likeness (QED) is 0.823. The average Bonchev–Trinajstić information content (AvgIpc) is 2.76. The van der Waals surface area contributed by atoms with Crippen molar-refractivity contribution in [1.29, 1.82) is 0 Å². The van der Waals surface area contributed by atoms with Gasteiger partial charge < -0.3 is 5.32 Å². The Morgan fingerprint density at radius 1 is 1.38 bits per heavy atom. The van der Waals surface area contributed by atoms with Crippen LogP contribution in [-0.4, -0.2) is 5.91 Å². The summed E-state index contributed by atoms with van der Waals surface area (Å²) in [5.41, 5.74) is 2.00. The van der Waals surface area contributed by atoms with Crippen LogP contribution in [0.2, 0.25) is 0 Å². The number of benzene rings is 1. The lowest BCUT2D eigenvalue weighted by Gasteiger charge is -2.12. The fraction of sp³-hybridized carbons (Fsp3) is 0.308. The van der Waals surface area contributed by atoms with Crippen molar-refractivity contribution in [3.05, 3.63) is 40.4 Å². The number of amides is 1. The van der Waals surface area contributed by atoms with E-state index in [1.807, 2.05) is 25.1 Å². The molecule has 2 nitrogen and oxygen atoms in total. The molecule has 0 saturated heterocycles. The highest BCUT2D eigenvalue weighted by atomic mass is 79.9. The molecule has 0 fully saturated rings. The maximum absolute atomic E-state index is 11.9. The summed E-state index contributed by atoms with van der Waals surface area (Å²) in [5.74, 6) is 0.212. The molecule has 0 bridgehead atoms. The molecule has 3 heteroatoms. The van der Waals surface area contributed by atoms with Gasteiger partial charge in [-0.05, 0) is 53.4 Å². The van der Waals surface area contributed by atoms with Gasteiger partial charge in [0.25, 0.3) is 0 Å². The summed E-state index contributed by atoms with van der Waals surface area (Å²) in [6, 6.07) is 5.94. The second kappa shape index (κ2) is 4.83. The minimum absolute atomic E-state index is 0.104. The summed E-state index contributed by atoms with van der Waals surface area (Å²) in [6.45, 7) is 2.01. The van der Waals surface area contributed by atoms with E-state index >= 15 is 0 Å². The predicted octanol–water partition coefficient (Wildman–Crippen LogP) is 3.66. The molecule has 0 saturated carbocycles. The molecule has 0 aromatic heterocycles. The summed E-state index contributed by atoms with van der Waals surface area (Å²) in [7, 11) is 0. The van der Waals surface area contributed by atoms with Gasteiger partial charge in [0.05, 0.1) is 5.69 Å². The van der Waals surface area contributed by atoms with Crippen LogP contribution in [0.4, 0.5) is 5.69 Å². The lowest BCUT2D eigenvalue weighted by atomic mass is 10.1. The number of hydrogen-bond acceptors (Lipinski definition) is 1. The third kappa shape index (κ3) is 2.53. The molecular weight excluding hydrogens is 266 g/mol. The van der Waals surface area contributed by atoms with E-state index in [0.717, 1.165) is 28.6 Å². The van der Waals surface area contributed by atoms with Crippen LogP contribution < -0.4 is 5.32 Å². The number of anilines is 1. The number of rotatable bonds is 2. The lowest BCUT2D eigenvalue weighted by molar-refractivity contribution is -0.119. The topological polar surface area (TPSA) is 29.1 Å². The molecule has 0 radical (unpaired) electrons. The van der Waals surface area contributed by atoms with Crippen molar-refractivity contribution in [1.82, 2.24) is 0 Å². The molecule has 0 unspecified atom stereocenters. The van der Waals surface area contributed by atoms with Crippen LogP contribution in [0.3, 0.4) is 0 Å². The molecular formula is C13H14BrNO. The van der Waals surface area contributed by atoms with Crippen LogP contribution in [0.5, 0.6) is 0 Å². The van der Waals surface area contributed by atoms with E-state index in [1.165, 1.54) is 0 Å². The van der Waals surface area contributed by atoms with Gasteiger partial charge in [-0.3, -0.25) is 4.79 Å². The van der Waals surface area contributed by atoms with Crippen LogP contribution >= 0.6 is 15.9 Å². The van der Waals surface area contributed by atoms with E-state index in [2.05, 4.69) is 33.4 Å². The zero-order chi connectivity index (χ0) is 11.5. The van der Waals surface area contributed by atoms with E-state index in [4.69, 9.17) is 0 Å². The molecule has 0 aliphatic heterocycles. The second-order valence-corrected chi connectivity index (χ2v) is 4.97. The second-order valence-electron chi connectivity index (χ2n) is 4.11. The smallest absolute Gasteiger partial charge is 0.228 e. The van der Waals surface area contributed by atoms with E-state index in [9.17, 15) is 4.79 Å². The van der Waals surface area contributed by atoms with E-state index < -0.39 is 0 Å². The minimum Gasteiger partial charge on any atom is -0.325 e. The molecule has 0 spiro atoms. The van der Waals surface area contributed by atoms with Crippen molar-refractivity contribution in [2.24, 2.45) is 5.92 Å². The monoisotopic (exact) mass is 279 g/mol. The van der Waals surface area contributed by atoms with Gasteiger partial charge in [0, 0.05) is 10.4 Å². The Bertz CT molecular complexity index is 432. The molecule has 2 rings (SSSR count). The average molecular weight is 280 g/mol. The van der Waals surface area contributed by atoms with E-state index in [1.54, 1.807) is 0 Å². The highest BCUT2D eigenvalue weighted by molar-refractivity contribution is 9.10. The first kappa shape index (κ1) is 11.4. The molecule has 1 aromatic carbocycles. The molecule has 0 heterocycles. The SMILES string of the molecule is Cc1ccc(Br)c(NC(=O)C2CC=CC2)c1. The van der Waals surface area contributed by atoms with Crippen molar-refractivity contribution in [2.75, 3.05) is 5.32 Å². The number of carbonyl (C=O) groups is 1. The normalized spacial score (nSPS) is 15.4. The third-order valence-electron chi connectivity index (χ3n) is 2.76. The highest BCUT2D eigenvalue weighted by Gasteiger charge is 2.19. The van der Waals surface area contributed by atoms with Crippen molar-refractivity contribution in [3.63, 3.8) is 0 Å². The van der Waals surface area contributed by atoms with Crippen LogP contribution in [0, 0.1) is 12.8 Å². The van der Waals surface area contributed by atoms with Crippen molar-refractivity contribution < 1.29 is 4.79 Å². The zero-order valence-corrected chi connectivity index (χ0v) is 10.8. The Hall–Kier alpha value is -1.09. The maximum atomic E-state index is 11.9. The van der Waals surface area contributed by atoms with Gasteiger partial charge in [-0.2, -0.15) is 0 Å². The van der Waals surface area contributed by atoms with Crippen molar-refractivity contribution in [2.45, 2.75) is 19.8 Å². The maximum Gasteiger partial charge on any atom is 0.228 e. The van der Waals surface area contributed by atoms with Gasteiger partial charge >= 0.3 is 0 Å². The number of halogens is 1. The molecule has 1 aliphatic rings. The molecule has 0 atom stereocenters. The third-order valence-corrected chi connectivity index (χ3v) is 3.45. The number of allylic oxidation sites excluding steroid dienone is 2. The van der Waals surface area contributed by atoms with Gasteiger partial charge in [-0.25, -0.2) is 0 Å². The number of hydrogen-bond donors (Lipinski definition) is 1. The predicted molar refractivity (Wildman–Crippen MR) is 69.4 cm³/mol. The van der Waals surface area contributed by atoms with Gasteiger partial charge in [-0.15, -0.1) is 0 Å². The largest absolute Gasteiger partial charge is 0.325 e. The highest BCUT2D eigenvalue weighted by Crippen LogP contribution is 2.26. The number of aryl methyl sites for hydroxylation is 1. The first-order chi connectivity index (χ1) is 7.66. The Labute approximate surface area is 104 Å². The van der Waals surface area contributed by atoms with Crippen LogP contribution in [0.15, 0.2) is 34.8 Å². The molecule has 1 aliphatic carbocycles. The Morgan fingerprint density at radius 2 is 2.06 bits per heavy atom. The number of nitrogens with one attached hydrogen (secondary N) is 1. The van der Waals surface area contributed by atoms with Crippen LogP contribution in [0.25, 0.3) is 0 Å². The van der Waals surface area contributed by atoms with E-state index in [-0.39, 0.29) is 11.8 Å². The summed E-state index contributed by atoms with van der Waals surface area (Å²) in [4.78, 5) is 11.9. The fourth-order valence-corrected chi connectivity index (χ4v) is 2.15. The first-order valence-electron chi connectivity index (χ1n) is 5.39.